The van der Waals surface area contributed by atoms with Gasteiger partial charge in [0.2, 0.25) is 5.95 Å². The van der Waals surface area contributed by atoms with Gasteiger partial charge in [-0.15, -0.1) is 8.78 Å². The molecule has 0 atom stereocenters. The van der Waals surface area contributed by atoms with E-state index in [1.54, 1.807) is 19.2 Å². The second kappa shape index (κ2) is 7.81. The number of benzene rings is 1. The summed E-state index contributed by atoms with van der Waals surface area (Å²) >= 11 is 0. The molecule has 7 nitrogen and oxygen atoms in total. The van der Waals surface area contributed by atoms with Crippen LogP contribution >= 0.6 is 0 Å². The van der Waals surface area contributed by atoms with Crippen LogP contribution in [0, 0.1) is 0 Å². The zero-order chi connectivity index (χ0) is 20.4. The predicted octanol–water partition coefficient (Wildman–Crippen LogP) is 4.21. The van der Waals surface area contributed by atoms with Crippen molar-refractivity contribution in [3.05, 3.63) is 36.0 Å². The zero-order valence-electron chi connectivity index (χ0n) is 16.0. The van der Waals surface area contributed by atoms with E-state index in [1.165, 1.54) is 42.4 Å². The molecule has 9 heteroatoms. The molecule has 4 rings (SSSR count). The molecule has 1 amide bonds. The Labute approximate surface area is 167 Å². The van der Waals surface area contributed by atoms with Gasteiger partial charge in [0.05, 0.1) is 5.56 Å². The number of aromatic nitrogens is 2. The van der Waals surface area contributed by atoms with Crippen LogP contribution in [0.25, 0.3) is 0 Å². The Kier molecular flexibility index (Phi) is 5.21. The van der Waals surface area contributed by atoms with Crippen molar-refractivity contribution in [2.24, 2.45) is 0 Å². The van der Waals surface area contributed by atoms with Gasteiger partial charge in [-0.2, -0.15) is 4.98 Å². The van der Waals surface area contributed by atoms with E-state index in [0.29, 0.717) is 24.4 Å². The van der Waals surface area contributed by atoms with E-state index in [1.807, 2.05) is 0 Å². The second-order valence-corrected chi connectivity index (χ2v) is 7.07. The van der Waals surface area contributed by atoms with Gasteiger partial charge in [-0.1, -0.05) is 25.3 Å². The third-order valence-electron chi connectivity index (χ3n) is 5.08. The van der Waals surface area contributed by atoms with E-state index < -0.39 is 12.2 Å². The highest BCUT2D eigenvalue weighted by Crippen LogP contribution is 2.43. The Morgan fingerprint density at radius 1 is 1.24 bits per heavy atom. The topological polar surface area (TPSA) is 76.6 Å². The SMILES string of the molecule is CCN(C(=O)c1cccc2c1OC(F)(F)O2)c1ccnc(NC2CCCCC2)n1. The van der Waals surface area contributed by atoms with Crippen molar-refractivity contribution in [2.45, 2.75) is 51.4 Å². The summed E-state index contributed by atoms with van der Waals surface area (Å²) < 4.78 is 35.9. The molecule has 0 spiro atoms. The number of fused-ring (bicyclic) bond motifs is 1. The average Bonchev–Trinajstić information content (AvgIpc) is 3.03. The first-order valence-corrected chi connectivity index (χ1v) is 9.77. The smallest absolute Gasteiger partial charge is 0.395 e. The number of nitrogens with one attached hydrogen (secondary N) is 1. The summed E-state index contributed by atoms with van der Waals surface area (Å²) in [5.74, 6) is -0.109. The normalized spacial score (nSPS) is 17.8. The van der Waals surface area contributed by atoms with Crippen LogP contribution in [-0.4, -0.2) is 34.8 Å². The molecule has 1 saturated carbocycles. The van der Waals surface area contributed by atoms with E-state index >= 15 is 0 Å². The monoisotopic (exact) mass is 404 g/mol. The van der Waals surface area contributed by atoms with E-state index in [4.69, 9.17) is 0 Å². The molecule has 2 heterocycles. The first-order valence-electron chi connectivity index (χ1n) is 9.77. The number of amides is 1. The van der Waals surface area contributed by atoms with Gasteiger partial charge in [-0.05, 0) is 38.0 Å². The lowest BCUT2D eigenvalue weighted by atomic mass is 9.96. The summed E-state index contributed by atoms with van der Waals surface area (Å²) in [6, 6.07) is 6.16. The largest absolute Gasteiger partial charge is 0.586 e. The quantitative estimate of drug-likeness (QED) is 0.805. The molecule has 2 aromatic rings. The molecule has 1 fully saturated rings. The molecule has 0 bridgehead atoms. The Balaban J connectivity index is 1.58. The number of alkyl halides is 2. The molecule has 0 radical (unpaired) electrons. The number of hydrogen-bond acceptors (Lipinski definition) is 6. The molecular weight excluding hydrogens is 382 g/mol. The molecule has 1 N–H and O–H groups in total. The maximum atomic E-state index is 13.5. The predicted molar refractivity (Wildman–Crippen MR) is 103 cm³/mol. The molecule has 1 aliphatic carbocycles. The number of nitrogens with zero attached hydrogens (tertiary/aromatic N) is 3. The minimum atomic E-state index is -3.79. The third-order valence-corrected chi connectivity index (χ3v) is 5.08. The number of carbonyl (C=O) groups excluding carboxylic acids is 1. The van der Waals surface area contributed by atoms with Crippen LogP contribution < -0.4 is 19.7 Å². The van der Waals surface area contributed by atoms with Crippen molar-refractivity contribution in [2.75, 3.05) is 16.8 Å². The van der Waals surface area contributed by atoms with Crippen LogP contribution in [0.3, 0.4) is 0 Å². The molecule has 2 aliphatic rings. The van der Waals surface area contributed by atoms with Gasteiger partial charge in [-0.3, -0.25) is 9.69 Å². The lowest BCUT2D eigenvalue weighted by Gasteiger charge is -2.24. The maximum absolute atomic E-state index is 13.5. The zero-order valence-corrected chi connectivity index (χ0v) is 16.0. The number of ether oxygens (including phenoxy) is 2. The fourth-order valence-corrected chi connectivity index (χ4v) is 3.69. The minimum absolute atomic E-state index is 0.0121. The number of rotatable bonds is 5. The van der Waals surface area contributed by atoms with Gasteiger partial charge < -0.3 is 14.8 Å². The van der Waals surface area contributed by atoms with Gasteiger partial charge in [-0.25, -0.2) is 4.98 Å². The number of anilines is 2. The molecular formula is C20H22F2N4O3. The van der Waals surface area contributed by atoms with Crippen LogP contribution in [0.4, 0.5) is 20.5 Å². The van der Waals surface area contributed by atoms with Crippen LogP contribution in [0.2, 0.25) is 0 Å². The summed E-state index contributed by atoms with van der Waals surface area (Å²) in [6.07, 6.45) is 3.49. The fourth-order valence-electron chi connectivity index (χ4n) is 3.69. The van der Waals surface area contributed by atoms with E-state index in [9.17, 15) is 13.6 Å². The Bertz CT molecular complexity index is 903. The van der Waals surface area contributed by atoms with Crippen molar-refractivity contribution in [1.82, 2.24) is 9.97 Å². The highest BCUT2D eigenvalue weighted by Gasteiger charge is 2.45. The van der Waals surface area contributed by atoms with Crippen LogP contribution in [-0.2, 0) is 0 Å². The summed E-state index contributed by atoms with van der Waals surface area (Å²) in [7, 11) is 0. The fraction of sp³-hybridized carbons (Fsp3) is 0.450. The molecule has 1 aliphatic heterocycles. The van der Waals surface area contributed by atoms with Gasteiger partial charge >= 0.3 is 6.29 Å². The maximum Gasteiger partial charge on any atom is 0.586 e. The van der Waals surface area contributed by atoms with E-state index in [0.717, 1.165) is 12.8 Å². The number of carbonyl (C=O) groups is 1. The lowest BCUT2D eigenvalue weighted by molar-refractivity contribution is -0.286. The molecule has 1 aromatic heterocycles. The van der Waals surface area contributed by atoms with Crippen LogP contribution in [0.15, 0.2) is 30.5 Å². The van der Waals surface area contributed by atoms with Gasteiger partial charge in [0, 0.05) is 18.8 Å². The third kappa shape index (κ3) is 4.08. The first-order chi connectivity index (χ1) is 14.0. The van der Waals surface area contributed by atoms with Crippen molar-refractivity contribution >= 4 is 17.7 Å². The first kappa shape index (κ1) is 19.4. The highest BCUT2D eigenvalue weighted by atomic mass is 19.3. The van der Waals surface area contributed by atoms with Crippen LogP contribution in [0.1, 0.15) is 49.4 Å². The minimum Gasteiger partial charge on any atom is -0.395 e. The summed E-state index contributed by atoms with van der Waals surface area (Å²) in [5, 5.41) is 3.33. The number of hydrogen-bond donors (Lipinski definition) is 1. The van der Waals surface area contributed by atoms with Crippen molar-refractivity contribution in [1.29, 1.82) is 0 Å². The average molecular weight is 404 g/mol. The summed E-state index contributed by atoms with van der Waals surface area (Å²) in [4.78, 5) is 23.2. The number of halogens is 2. The van der Waals surface area contributed by atoms with Gasteiger partial charge in [0.1, 0.15) is 5.82 Å². The summed E-state index contributed by atoms with van der Waals surface area (Å²) in [6.45, 7) is 2.07. The standard InChI is InChI=1S/C20H22F2N4O3/c1-2-26(16-11-12-23-19(25-16)24-13-7-4-3-5-8-13)18(27)14-9-6-10-15-17(14)29-20(21,22)28-15/h6,9-13H,2-5,7-8H2,1H3,(H,23,24,25). The van der Waals surface area contributed by atoms with Crippen molar-refractivity contribution in [3.63, 3.8) is 0 Å². The molecule has 154 valence electrons. The van der Waals surface area contributed by atoms with Crippen LogP contribution in [0.5, 0.6) is 11.5 Å². The molecule has 0 unspecified atom stereocenters. The van der Waals surface area contributed by atoms with Gasteiger partial charge in [0.25, 0.3) is 5.91 Å². The Hall–Kier alpha value is -2.97. The van der Waals surface area contributed by atoms with Crippen molar-refractivity contribution < 1.29 is 23.0 Å². The van der Waals surface area contributed by atoms with Gasteiger partial charge in [0.15, 0.2) is 11.5 Å². The van der Waals surface area contributed by atoms with E-state index in [-0.39, 0.29) is 17.1 Å². The molecule has 29 heavy (non-hydrogen) atoms. The summed E-state index contributed by atoms with van der Waals surface area (Å²) in [5.41, 5.74) is -0.0121. The van der Waals surface area contributed by atoms with Crippen molar-refractivity contribution in [3.8, 4) is 11.5 Å². The van der Waals surface area contributed by atoms with E-state index in [2.05, 4.69) is 24.8 Å². The Morgan fingerprint density at radius 3 is 2.79 bits per heavy atom. The second-order valence-electron chi connectivity index (χ2n) is 7.07. The lowest BCUT2D eigenvalue weighted by Crippen LogP contribution is -2.32. The highest BCUT2D eigenvalue weighted by molar-refractivity contribution is 6.08. The molecule has 1 aromatic carbocycles. The molecule has 0 saturated heterocycles. The Morgan fingerprint density at radius 2 is 2.03 bits per heavy atom. The number of para-hydroxylation sites is 1.